The highest BCUT2D eigenvalue weighted by Gasteiger charge is 2.18. The summed E-state index contributed by atoms with van der Waals surface area (Å²) < 4.78 is 5.63. The van der Waals surface area contributed by atoms with E-state index in [9.17, 15) is 4.79 Å². The van der Waals surface area contributed by atoms with E-state index in [1.165, 1.54) is 18.4 Å². The van der Waals surface area contributed by atoms with Crippen molar-refractivity contribution in [3.63, 3.8) is 0 Å². The van der Waals surface area contributed by atoms with E-state index in [0.717, 1.165) is 36.0 Å². The maximum Gasteiger partial charge on any atom is 0.262 e. The summed E-state index contributed by atoms with van der Waals surface area (Å²) >= 11 is 6.47. The molecule has 1 saturated heterocycles. The summed E-state index contributed by atoms with van der Waals surface area (Å²) in [6.45, 7) is 8.30. The van der Waals surface area contributed by atoms with Crippen LogP contribution in [-0.4, -0.2) is 25.6 Å². The second-order valence-corrected chi connectivity index (χ2v) is 7.85. The molecule has 1 heterocycles. The minimum atomic E-state index is -0.203. The molecule has 1 N–H and O–H groups in total. The number of halogens is 1. The van der Waals surface area contributed by atoms with Gasteiger partial charge in [0.1, 0.15) is 5.75 Å². The number of anilines is 2. The van der Waals surface area contributed by atoms with Crippen LogP contribution in [0.1, 0.15) is 30.9 Å². The van der Waals surface area contributed by atoms with Crippen LogP contribution in [0, 0.1) is 19.8 Å². The predicted octanol–water partition coefficient (Wildman–Crippen LogP) is 5.21. The zero-order valence-electron chi connectivity index (χ0n) is 16.2. The molecule has 3 rings (SSSR count). The number of carbonyl (C=O) groups is 1. The molecule has 0 aliphatic carbocycles. The molecule has 144 valence electrons. The van der Waals surface area contributed by atoms with Gasteiger partial charge in [0.2, 0.25) is 0 Å². The monoisotopic (exact) mass is 386 g/mol. The zero-order valence-corrected chi connectivity index (χ0v) is 17.0. The molecule has 0 radical (unpaired) electrons. The first-order chi connectivity index (χ1) is 12.9. The SMILES string of the molecule is Cc1ccc(OCC(=O)Nc2ccc(N3CCC(C)CC3)c(Cl)c2)c(C)c1. The Kier molecular flexibility index (Phi) is 6.27. The van der Waals surface area contributed by atoms with Crippen molar-refractivity contribution in [1.82, 2.24) is 0 Å². The summed E-state index contributed by atoms with van der Waals surface area (Å²) in [5.74, 6) is 1.30. The Morgan fingerprint density at radius 2 is 1.93 bits per heavy atom. The summed E-state index contributed by atoms with van der Waals surface area (Å²) in [6.07, 6.45) is 2.37. The number of aryl methyl sites for hydroxylation is 2. The number of amides is 1. The van der Waals surface area contributed by atoms with Crippen molar-refractivity contribution in [1.29, 1.82) is 0 Å². The van der Waals surface area contributed by atoms with Gasteiger partial charge in [-0.3, -0.25) is 4.79 Å². The predicted molar refractivity (Wildman–Crippen MR) is 112 cm³/mol. The molecule has 27 heavy (non-hydrogen) atoms. The van der Waals surface area contributed by atoms with Gasteiger partial charge >= 0.3 is 0 Å². The van der Waals surface area contributed by atoms with Crippen molar-refractivity contribution < 1.29 is 9.53 Å². The summed E-state index contributed by atoms with van der Waals surface area (Å²) in [5, 5.41) is 3.52. The van der Waals surface area contributed by atoms with Gasteiger partial charge in [-0.2, -0.15) is 0 Å². The number of ether oxygens (including phenoxy) is 1. The summed E-state index contributed by atoms with van der Waals surface area (Å²) in [6, 6.07) is 11.6. The van der Waals surface area contributed by atoms with E-state index >= 15 is 0 Å². The number of nitrogens with one attached hydrogen (secondary N) is 1. The average molecular weight is 387 g/mol. The quantitative estimate of drug-likeness (QED) is 0.766. The molecule has 2 aromatic rings. The van der Waals surface area contributed by atoms with Crippen LogP contribution in [0.3, 0.4) is 0 Å². The van der Waals surface area contributed by atoms with E-state index in [4.69, 9.17) is 16.3 Å². The molecule has 5 heteroatoms. The third-order valence-corrected chi connectivity index (χ3v) is 5.35. The molecule has 1 amide bonds. The highest BCUT2D eigenvalue weighted by Crippen LogP contribution is 2.31. The first kappa shape index (κ1) is 19.6. The highest BCUT2D eigenvalue weighted by molar-refractivity contribution is 6.33. The van der Waals surface area contributed by atoms with Crippen LogP contribution in [0.2, 0.25) is 5.02 Å². The molecule has 0 spiro atoms. The molecule has 1 aliphatic heterocycles. The van der Waals surface area contributed by atoms with Crippen LogP contribution in [0.4, 0.5) is 11.4 Å². The third-order valence-electron chi connectivity index (χ3n) is 5.04. The molecule has 0 saturated carbocycles. The van der Waals surface area contributed by atoms with E-state index in [-0.39, 0.29) is 12.5 Å². The van der Waals surface area contributed by atoms with Crippen molar-refractivity contribution >= 4 is 28.9 Å². The molecular formula is C22H27ClN2O2. The van der Waals surface area contributed by atoms with E-state index in [2.05, 4.69) is 17.1 Å². The number of nitrogens with zero attached hydrogens (tertiary/aromatic N) is 1. The van der Waals surface area contributed by atoms with E-state index in [0.29, 0.717) is 10.7 Å². The number of carbonyl (C=O) groups excluding carboxylic acids is 1. The first-order valence-electron chi connectivity index (χ1n) is 9.47. The minimum Gasteiger partial charge on any atom is -0.483 e. The van der Waals surface area contributed by atoms with Crippen LogP contribution in [0.5, 0.6) is 5.75 Å². The van der Waals surface area contributed by atoms with Crippen LogP contribution < -0.4 is 15.0 Å². The Hall–Kier alpha value is -2.20. The first-order valence-corrected chi connectivity index (χ1v) is 9.84. The zero-order chi connectivity index (χ0) is 19.4. The van der Waals surface area contributed by atoms with Gasteiger partial charge in [0.05, 0.1) is 10.7 Å². The third kappa shape index (κ3) is 5.16. The van der Waals surface area contributed by atoms with Gasteiger partial charge in [-0.05, 0) is 62.4 Å². The maximum atomic E-state index is 12.2. The number of piperidine rings is 1. The summed E-state index contributed by atoms with van der Waals surface area (Å²) in [4.78, 5) is 14.5. The Morgan fingerprint density at radius 1 is 1.19 bits per heavy atom. The number of hydrogen-bond donors (Lipinski definition) is 1. The summed E-state index contributed by atoms with van der Waals surface area (Å²) in [5.41, 5.74) is 3.91. The fourth-order valence-corrected chi connectivity index (χ4v) is 3.69. The fraction of sp³-hybridized carbons (Fsp3) is 0.409. The van der Waals surface area contributed by atoms with Gasteiger partial charge in [0.15, 0.2) is 6.61 Å². The minimum absolute atomic E-state index is 0.0344. The lowest BCUT2D eigenvalue weighted by Crippen LogP contribution is -2.32. The maximum absolute atomic E-state index is 12.2. The van der Waals surface area contributed by atoms with Crippen molar-refractivity contribution in [3.05, 3.63) is 52.5 Å². The topological polar surface area (TPSA) is 41.6 Å². The number of hydrogen-bond acceptors (Lipinski definition) is 3. The van der Waals surface area contributed by atoms with E-state index < -0.39 is 0 Å². The molecule has 0 atom stereocenters. The Labute approximate surface area is 166 Å². The van der Waals surface area contributed by atoms with E-state index in [1.807, 2.05) is 50.2 Å². The number of benzene rings is 2. The normalized spacial score (nSPS) is 14.9. The molecule has 0 unspecified atom stereocenters. The van der Waals surface area contributed by atoms with E-state index in [1.54, 1.807) is 0 Å². The lowest BCUT2D eigenvalue weighted by molar-refractivity contribution is -0.118. The second kappa shape index (κ2) is 8.66. The smallest absolute Gasteiger partial charge is 0.262 e. The second-order valence-electron chi connectivity index (χ2n) is 7.44. The van der Waals surface area contributed by atoms with Crippen LogP contribution in [0.15, 0.2) is 36.4 Å². The van der Waals surface area contributed by atoms with Crippen molar-refractivity contribution in [2.24, 2.45) is 5.92 Å². The van der Waals surface area contributed by atoms with Crippen LogP contribution in [-0.2, 0) is 4.79 Å². The Balaban J connectivity index is 1.57. The van der Waals surface area contributed by atoms with Gasteiger partial charge in [-0.1, -0.05) is 36.2 Å². The molecule has 1 fully saturated rings. The largest absolute Gasteiger partial charge is 0.483 e. The Morgan fingerprint density at radius 3 is 2.59 bits per heavy atom. The lowest BCUT2D eigenvalue weighted by Gasteiger charge is -2.32. The van der Waals surface area contributed by atoms with Gasteiger partial charge in [0, 0.05) is 18.8 Å². The molecular weight excluding hydrogens is 360 g/mol. The van der Waals surface area contributed by atoms with Crippen molar-refractivity contribution in [2.75, 3.05) is 29.9 Å². The molecule has 0 aromatic heterocycles. The van der Waals surface area contributed by atoms with Crippen molar-refractivity contribution in [2.45, 2.75) is 33.6 Å². The molecule has 1 aliphatic rings. The average Bonchev–Trinajstić information content (AvgIpc) is 2.62. The van der Waals surface area contributed by atoms with Crippen molar-refractivity contribution in [3.8, 4) is 5.75 Å². The summed E-state index contributed by atoms with van der Waals surface area (Å²) in [7, 11) is 0. The standard InChI is InChI=1S/C22H27ClN2O2/c1-15-8-10-25(11-9-15)20-6-5-18(13-19(20)23)24-22(26)14-27-21-7-4-16(2)12-17(21)3/h4-7,12-13,15H,8-11,14H2,1-3H3,(H,24,26). The fourth-order valence-electron chi connectivity index (χ4n) is 3.39. The number of rotatable bonds is 5. The van der Waals surface area contributed by atoms with Gasteiger partial charge < -0.3 is 15.0 Å². The molecule has 4 nitrogen and oxygen atoms in total. The molecule has 2 aromatic carbocycles. The van der Waals surface area contributed by atoms with Crippen LogP contribution in [0.25, 0.3) is 0 Å². The Bertz CT molecular complexity index is 814. The van der Waals surface area contributed by atoms with Gasteiger partial charge in [0.25, 0.3) is 5.91 Å². The highest BCUT2D eigenvalue weighted by atomic mass is 35.5. The van der Waals surface area contributed by atoms with Gasteiger partial charge in [-0.25, -0.2) is 0 Å². The van der Waals surface area contributed by atoms with Crippen LogP contribution >= 0.6 is 11.6 Å². The molecule has 0 bridgehead atoms. The van der Waals surface area contributed by atoms with Gasteiger partial charge in [-0.15, -0.1) is 0 Å². The lowest BCUT2D eigenvalue weighted by atomic mass is 9.99.